The molecule has 3 unspecified atom stereocenters. The van der Waals surface area contributed by atoms with Crippen LogP contribution in [0.25, 0.3) is 21.0 Å². The van der Waals surface area contributed by atoms with E-state index < -0.39 is 0 Å². The van der Waals surface area contributed by atoms with Gasteiger partial charge in [-0.15, -0.1) is 11.3 Å². The maximum absolute atomic E-state index is 9.54. The molecular formula is C25H25N3O2S. The van der Waals surface area contributed by atoms with Gasteiger partial charge < -0.3 is 15.2 Å². The second-order valence-corrected chi connectivity index (χ2v) is 9.52. The quantitative estimate of drug-likeness (QED) is 0.558. The number of hydrogen-bond acceptors (Lipinski definition) is 6. The Morgan fingerprint density at radius 3 is 2.97 bits per heavy atom. The first kappa shape index (κ1) is 20.2. The first-order chi connectivity index (χ1) is 15.1. The van der Waals surface area contributed by atoms with E-state index in [1.807, 2.05) is 38.2 Å². The van der Waals surface area contributed by atoms with E-state index in [0.29, 0.717) is 35.7 Å². The van der Waals surface area contributed by atoms with Crippen LogP contribution in [0, 0.1) is 17.2 Å². The molecule has 5 nitrogen and oxygen atoms in total. The van der Waals surface area contributed by atoms with Crippen LogP contribution < -0.4 is 10.1 Å². The van der Waals surface area contributed by atoms with Crippen LogP contribution in [0.4, 0.5) is 0 Å². The predicted molar refractivity (Wildman–Crippen MR) is 122 cm³/mol. The van der Waals surface area contributed by atoms with Gasteiger partial charge in [-0.25, -0.2) is 4.98 Å². The molecule has 2 aliphatic rings. The highest BCUT2D eigenvalue weighted by Crippen LogP contribution is 2.63. The zero-order valence-corrected chi connectivity index (χ0v) is 18.4. The number of ether oxygens (including phenoxy) is 1. The van der Waals surface area contributed by atoms with Crippen molar-refractivity contribution in [2.24, 2.45) is 5.92 Å². The number of aliphatic hydroxyl groups excluding tert-OH is 1. The number of nitriles is 1. The molecule has 0 amide bonds. The Hall–Kier alpha value is -2.72. The van der Waals surface area contributed by atoms with E-state index in [0.717, 1.165) is 15.4 Å². The first-order valence-electron chi connectivity index (χ1n) is 10.7. The minimum absolute atomic E-state index is 0.0199. The number of benzene rings is 2. The maximum atomic E-state index is 9.54. The summed E-state index contributed by atoms with van der Waals surface area (Å²) in [6, 6.07) is 14.8. The van der Waals surface area contributed by atoms with E-state index in [2.05, 4.69) is 34.6 Å². The SMILES string of the molecule is CC(C)Oc1ccc(-c2ncc(-c3cccc4c3C3CC3C4NCCO)s2)cc1C#N. The van der Waals surface area contributed by atoms with Crippen LogP contribution in [0.2, 0.25) is 0 Å². The van der Waals surface area contributed by atoms with Crippen LogP contribution in [0.5, 0.6) is 5.75 Å². The monoisotopic (exact) mass is 431 g/mol. The third kappa shape index (κ3) is 3.63. The number of nitrogens with zero attached hydrogens (tertiary/aromatic N) is 2. The molecule has 0 bridgehead atoms. The average Bonchev–Trinajstić information content (AvgIpc) is 3.27. The van der Waals surface area contributed by atoms with Crippen molar-refractivity contribution in [1.82, 2.24) is 10.3 Å². The van der Waals surface area contributed by atoms with Gasteiger partial charge >= 0.3 is 0 Å². The zero-order chi connectivity index (χ0) is 21.5. The Bertz CT molecular complexity index is 1160. The Kier molecular flexibility index (Phi) is 5.27. The number of aromatic nitrogens is 1. The van der Waals surface area contributed by atoms with E-state index >= 15 is 0 Å². The highest BCUT2D eigenvalue weighted by molar-refractivity contribution is 7.18. The number of hydrogen-bond donors (Lipinski definition) is 2. The Balaban J connectivity index is 1.47. The molecule has 1 aromatic heterocycles. The summed E-state index contributed by atoms with van der Waals surface area (Å²) in [6.07, 6.45) is 3.18. The van der Waals surface area contributed by atoms with E-state index in [1.54, 1.807) is 11.3 Å². The second-order valence-electron chi connectivity index (χ2n) is 8.49. The highest BCUT2D eigenvalue weighted by atomic mass is 32.1. The largest absolute Gasteiger partial charge is 0.490 e. The van der Waals surface area contributed by atoms with Crippen molar-refractivity contribution >= 4 is 11.3 Å². The molecule has 0 saturated heterocycles. The topological polar surface area (TPSA) is 78.2 Å². The standard InChI is InChI=1S/C25H25N3O2S/c1-14(2)30-21-7-6-15(10-16(21)12-26)25-28-13-22(31-25)17-4-3-5-18-23(17)19-11-20(19)24(18)27-8-9-29/h3-7,10,13-14,19-20,24,27,29H,8-9,11H2,1-2H3. The predicted octanol–water partition coefficient (Wildman–Crippen LogP) is 4.88. The van der Waals surface area contributed by atoms with Crippen LogP contribution in [-0.4, -0.2) is 29.3 Å². The van der Waals surface area contributed by atoms with Crippen LogP contribution >= 0.6 is 11.3 Å². The molecule has 2 aromatic carbocycles. The lowest BCUT2D eigenvalue weighted by Gasteiger charge is -2.17. The molecule has 3 atom stereocenters. The Labute approximate surface area is 186 Å². The van der Waals surface area contributed by atoms with Crippen molar-refractivity contribution in [3.05, 3.63) is 59.3 Å². The van der Waals surface area contributed by atoms with Crippen LogP contribution in [0.15, 0.2) is 42.6 Å². The molecule has 0 radical (unpaired) electrons. The van der Waals surface area contributed by atoms with Gasteiger partial charge in [0, 0.05) is 24.3 Å². The molecule has 1 saturated carbocycles. The highest BCUT2D eigenvalue weighted by Gasteiger charge is 2.52. The minimum Gasteiger partial charge on any atom is -0.490 e. The van der Waals surface area contributed by atoms with Gasteiger partial charge in [-0.3, -0.25) is 0 Å². The number of thiazole rings is 1. The third-order valence-corrected chi connectivity index (χ3v) is 7.15. The summed E-state index contributed by atoms with van der Waals surface area (Å²) < 4.78 is 5.75. The Morgan fingerprint density at radius 1 is 1.32 bits per heavy atom. The van der Waals surface area contributed by atoms with Gasteiger partial charge in [-0.1, -0.05) is 18.2 Å². The average molecular weight is 432 g/mol. The maximum Gasteiger partial charge on any atom is 0.137 e. The van der Waals surface area contributed by atoms with Gasteiger partial charge in [0.15, 0.2) is 0 Å². The Morgan fingerprint density at radius 2 is 2.19 bits per heavy atom. The van der Waals surface area contributed by atoms with E-state index in [-0.39, 0.29) is 12.7 Å². The van der Waals surface area contributed by atoms with Gasteiger partial charge in [0.2, 0.25) is 0 Å². The van der Waals surface area contributed by atoms with Crippen molar-refractivity contribution in [2.45, 2.75) is 38.3 Å². The van der Waals surface area contributed by atoms with Crippen LogP contribution in [0.3, 0.4) is 0 Å². The van der Waals surface area contributed by atoms with Crippen LogP contribution in [-0.2, 0) is 0 Å². The third-order valence-electron chi connectivity index (χ3n) is 6.07. The summed E-state index contributed by atoms with van der Waals surface area (Å²) in [7, 11) is 0. The fourth-order valence-corrected chi connectivity index (χ4v) is 5.70. The summed E-state index contributed by atoms with van der Waals surface area (Å²) >= 11 is 1.66. The first-order valence-corrected chi connectivity index (χ1v) is 11.6. The number of fused-ring (bicyclic) bond motifs is 3. The molecule has 31 heavy (non-hydrogen) atoms. The lowest BCUT2D eigenvalue weighted by molar-refractivity contribution is 0.242. The summed E-state index contributed by atoms with van der Waals surface area (Å²) in [5, 5.41) is 23.2. The molecule has 2 aliphatic carbocycles. The zero-order valence-electron chi connectivity index (χ0n) is 17.6. The number of rotatable bonds is 7. The molecule has 2 N–H and O–H groups in total. The van der Waals surface area contributed by atoms with Crippen molar-refractivity contribution in [1.29, 1.82) is 5.26 Å². The van der Waals surface area contributed by atoms with Gasteiger partial charge in [0.25, 0.3) is 0 Å². The minimum atomic E-state index is 0.0199. The summed E-state index contributed by atoms with van der Waals surface area (Å²) in [6.45, 7) is 4.69. The number of nitrogens with one attached hydrogen (secondary N) is 1. The number of aliphatic hydroxyl groups is 1. The van der Waals surface area contributed by atoms with E-state index in [9.17, 15) is 10.4 Å². The fourth-order valence-electron chi connectivity index (χ4n) is 4.75. The van der Waals surface area contributed by atoms with E-state index in [1.165, 1.54) is 23.1 Å². The van der Waals surface area contributed by atoms with Gasteiger partial charge in [0.1, 0.15) is 16.8 Å². The summed E-state index contributed by atoms with van der Waals surface area (Å²) in [4.78, 5) is 5.84. The van der Waals surface area contributed by atoms with Crippen molar-refractivity contribution in [2.75, 3.05) is 13.2 Å². The van der Waals surface area contributed by atoms with Crippen molar-refractivity contribution < 1.29 is 9.84 Å². The molecule has 1 fully saturated rings. The van der Waals surface area contributed by atoms with Crippen molar-refractivity contribution in [3.8, 4) is 32.8 Å². The summed E-state index contributed by atoms with van der Waals surface area (Å²) in [5.41, 5.74) is 5.54. The molecule has 6 heteroatoms. The van der Waals surface area contributed by atoms with Gasteiger partial charge in [0.05, 0.1) is 23.2 Å². The normalized spacial score (nSPS) is 20.9. The molecular weight excluding hydrogens is 406 g/mol. The van der Waals surface area contributed by atoms with E-state index in [4.69, 9.17) is 4.74 Å². The molecule has 5 rings (SSSR count). The molecule has 3 aromatic rings. The lowest BCUT2D eigenvalue weighted by Crippen LogP contribution is -2.24. The van der Waals surface area contributed by atoms with Crippen LogP contribution in [0.1, 0.15) is 48.9 Å². The fraction of sp³-hybridized carbons (Fsp3) is 0.360. The second kappa shape index (κ2) is 8.08. The summed E-state index contributed by atoms with van der Waals surface area (Å²) in [5.74, 6) is 1.85. The smallest absolute Gasteiger partial charge is 0.137 e. The molecule has 158 valence electrons. The molecule has 0 aliphatic heterocycles. The molecule has 0 spiro atoms. The lowest BCUT2D eigenvalue weighted by atomic mass is 9.97. The van der Waals surface area contributed by atoms with Gasteiger partial charge in [-0.2, -0.15) is 5.26 Å². The van der Waals surface area contributed by atoms with Gasteiger partial charge in [-0.05, 0) is 67.0 Å². The molecule has 1 heterocycles. The van der Waals surface area contributed by atoms with Crippen molar-refractivity contribution in [3.63, 3.8) is 0 Å².